The molecule has 0 saturated heterocycles. The van der Waals surface area contributed by atoms with E-state index in [0.717, 1.165) is 4.90 Å². The average molecular weight is 493 g/mol. The van der Waals surface area contributed by atoms with E-state index in [1.165, 1.54) is 0 Å². The fourth-order valence-electron chi connectivity index (χ4n) is 2.11. The number of allylic oxidation sites excluding steroid dienone is 1. The summed E-state index contributed by atoms with van der Waals surface area (Å²) >= 11 is 9.21. The molecule has 125 valence electrons. The van der Waals surface area contributed by atoms with Gasteiger partial charge in [0.05, 0.1) is 6.54 Å². The number of hydrogen-bond acceptors (Lipinski definition) is 2. The first-order valence-corrected chi connectivity index (χ1v) is 7.87. The van der Waals surface area contributed by atoms with Crippen molar-refractivity contribution >= 4 is 39.1 Å². The van der Waals surface area contributed by atoms with Gasteiger partial charge in [0, 0.05) is 32.7 Å². The van der Waals surface area contributed by atoms with E-state index in [1.807, 2.05) is 0 Å². The van der Waals surface area contributed by atoms with E-state index in [2.05, 4.69) is 27.9 Å². The van der Waals surface area contributed by atoms with Gasteiger partial charge in [-0.25, -0.2) is 14.9 Å². The molecule has 0 aliphatic carbocycles. The average Bonchev–Trinajstić information content (AvgIpc) is 2.50. The minimum atomic E-state index is -2.67. The number of terminal acetylenes is 1. The molecule has 1 atom stereocenters. The molecular weight excluding hydrogens is 480 g/mol. The summed E-state index contributed by atoms with van der Waals surface area (Å²) in [5.74, 6) is 2.32. The second-order valence-corrected chi connectivity index (χ2v) is 6.05. The molecule has 0 fully saturated rings. The van der Waals surface area contributed by atoms with Crippen LogP contribution in [0.3, 0.4) is 0 Å². The first-order chi connectivity index (χ1) is 10.9. The molecule has 2 rings (SSSR count). The summed E-state index contributed by atoms with van der Waals surface area (Å²) in [6.45, 7) is -0.614. The van der Waals surface area contributed by atoms with Gasteiger partial charge in [0.2, 0.25) is 5.91 Å². The molecule has 3 nitrogen and oxygen atoms in total. The smallest absolute Gasteiger partial charge is 0.256 e. The maximum Gasteiger partial charge on any atom is 0.256 e. The van der Waals surface area contributed by atoms with Crippen molar-refractivity contribution in [1.29, 1.82) is 0 Å². The number of hydrogen-bond donors (Lipinski definition) is 0. The van der Waals surface area contributed by atoms with Crippen LogP contribution in [0.15, 0.2) is 22.7 Å². The molecule has 1 aliphatic rings. The zero-order chi connectivity index (χ0) is 17.0. The van der Waals surface area contributed by atoms with Gasteiger partial charge >= 0.3 is 0 Å². The molecule has 8 heteroatoms. The molecule has 1 unspecified atom stereocenters. The molecule has 0 aromatic heterocycles. The Hall–Kier alpha value is -0.476. The van der Waals surface area contributed by atoms with Crippen molar-refractivity contribution in [1.82, 2.24) is 4.90 Å². The molecule has 0 N–H and O–H groups in total. The van der Waals surface area contributed by atoms with E-state index in [-0.39, 0.29) is 51.4 Å². The van der Waals surface area contributed by atoms with Crippen LogP contribution < -0.4 is 4.74 Å². The molecule has 0 bridgehead atoms. The Morgan fingerprint density at radius 3 is 2.83 bits per heavy atom. The Morgan fingerprint density at radius 2 is 2.25 bits per heavy atom. The molecule has 1 aliphatic heterocycles. The fourth-order valence-corrected chi connectivity index (χ4v) is 2.85. The van der Waals surface area contributed by atoms with E-state index >= 15 is 0 Å². The number of carbonyl (C=O) groups excluding carboxylic acids is 1. The molecule has 1 amide bonds. The maximum atomic E-state index is 12.8. The summed E-state index contributed by atoms with van der Waals surface area (Å²) < 4.78 is 31.4. The van der Waals surface area contributed by atoms with Gasteiger partial charge in [0.1, 0.15) is 17.7 Å². The third kappa shape index (κ3) is 5.26. The van der Waals surface area contributed by atoms with Crippen LogP contribution in [0.4, 0.5) is 8.78 Å². The van der Waals surface area contributed by atoms with E-state index in [0.29, 0.717) is 15.8 Å². The van der Waals surface area contributed by atoms with Crippen LogP contribution in [0.1, 0.15) is 12.0 Å². The van der Waals surface area contributed by atoms with Gasteiger partial charge in [0.15, 0.2) is 0 Å². The number of carbonyl (C=O) groups is 1. The summed E-state index contributed by atoms with van der Waals surface area (Å²) in [6, 6.07) is 4.95. The quantitative estimate of drug-likeness (QED) is 0.357. The van der Waals surface area contributed by atoms with Gasteiger partial charge in [-0.15, -0.1) is 35.4 Å². The van der Waals surface area contributed by atoms with Gasteiger partial charge in [-0.2, -0.15) is 0 Å². The summed E-state index contributed by atoms with van der Waals surface area (Å²) in [7, 11) is 0. The van der Waals surface area contributed by atoms with Crippen LogP contribution >= 0.6 is 27.5 Å². The molecular formula is C16H12BrClF2NO2Y-. The zero-order valence-corrected chi connectivity index (χ0v) is 17.6. The first-order valence-electron chi connectivity index (χ1n) is 6.64. The molecule has 1 aromatic carbocycles. The Kier molecular flexibility index (Phi) is 8.86. The van der Waals surface area contributed by atoms with Gasteiger partial charge in [-0.3, -0.25) is 4.79 Å². The normalized spacial score (nSPS) is 17.2. The van der Waals surface area contributed by atoms with Crippen LogP contribution in [0.25, 0.3) is 5.70 Å². The second kappa shape index (κ2) is 9.86. The third-order valence-corrected chi connectivity index (χ3v) is 4.09. The topological polar surface area (TPSA) is 29.5 Å². The minimum Gasteiger partial charge on any atom is -0.481 e. The Labute approximate surface area is 177 Å². The van der Waals surface area contributed by atoms with Crippen molar-refractivity contribution in [2.24, 2.45) is 0 Å². The van der Waals surface area contributed by atoms with Crippen LogP contribution in [-0.2, 0) is 37.5 Å². The molecule has 1 heterocycles. The summed E-state index contributed by atoms with van der Waals surface area (Å²) in [4.78, 5) is 13.1. The number of alkyl halides is 3. The second-order valence-electron chi connectivity index (χ2n) is 4.67. The van der Waals surface area contributed by atoms with Gasteiger partial charge in [-0.05, 0) is 12.1 Å². The molecule has 0 saturated carbocycles. The number of benzene rings is 1. The van der Waals surface area contributed by atoms with Gasteiger partial charge in [-0.1, -0.05) is 32.7 Å². The predicted molar refractivity (Wildman–Crippen MR) is 87.1 cm³/mol. The van der Waals surface area contributed by atoms with Crippen LogP contribution in [0.2, 0.25) is 0 Å². The summed E-state index contributed by atoms with van der Waals surface area (Å²) in [5, 5.41) is -0.880. The molecule has 0 spiro atoms. The van der Waals surface area contributed by atoms with Gasteiger partial charge < -0.3 is 9.64 Å². The molecule has 1 radical (unpaired) electrons. The molecule has 24 heavy (non-hydrogen) atoms. The molecule has 1 aromatic rings. The van der Waals surface area contributed by atoms with Crippen molar-refractivity contribution in [2.45, 2.75) is 18.2 Å². The van der Waals surface area contributed by atoms with Gasteiger partial charge in [0.25, 0.3) is 6.43 Å². The first kappa shape index (κ1) is 21.6. The largest absolute Gasteiger partial charge is 0.481 e. The van der Waals surface area contributed by atoms with E-state index in [4.69, 9.17) is 22.8 Å². The maximum absolute atomic E-state index is 12.8. The number of amides is 1. The standard InChI is InChI=1S/C16H12BrClF2NO2.Y/c1-2-7-23-10-3-4-11(12(17)8-10)14-6-5-13(18)16(22)21(14)9-15(19)20;/h1,3-4,8,13,15H,5,7,9H2;/q-1;. The number of ether oxygens (including phenoxy) is 1. The van der Waals surface area contributed by atoms with E-state index in [9.17, 15) is 13.6 Å². The third-order valence-electron chi connectivity index (χ3n) is 3.09. The summed E-state index contributed by atoms with van der Waals surface area (Å²) in [6.07, 6.45) is 5.55. The minimum absolute atomic E-state index is 0. The van der Waals surface area contributed by atoms with Crippen molar-refractivity contribution in [3.05, 3.63) is 34.3 Å². The Morgan fingerprint density at radius 1 is 1.54 bits per heavy atom. The fraction of sp³-hybridized carbons (Fsp3) is 0.312. The zero-order valence-electron chi connectivity index (χ0n) is 12.4. The van der Waals surface area contributed by atoms with Crippen LogP contribution in [0, 0.1) is 18.4 Å². The Balaban J connectivity index is 0.00000288. The number of rotatable bonds is 5. The Bertz CT molecular complexity index is 679. The number of nitrogens with zero attached hydrogens (tertiary/aromatic N) is 1. The SMILES string of the molecule is C#CCOc1ccc(C2=[C-]CC(Cl)C(=O)N2CC(F)F)c(Br)c1.[Y]. The predicted octanol–water partition coefficient (Wildman–Crippen LogP) is 3.71. The van der Waals surface area contributed by atoms with E-state index < -0.39 is 24.3 Å². The van der Waals surface area contributed by atoms with Crippen molar-refractivity contribution in [2.75, 3.05) is 13.2 Å². The number of halogens is 4. The monoisotopic (exact) mass is 491 g/mol. The van der Waals surface area contributed by atoms with Crippen LogP contribution in [0.5, 0.6) is 5.75 Å². The van der Waals surface area contributed by atoms with Crippen molar-refractivity contribution in [3.8, 4) is 18.1 Å². The van der Waals surface area contributed by atoms with Crippen LogP contribution in [-0.4, -0.2) is 35.8 Å². The van der Waals surface area contributed by atoms with E-state index in [1.54, 1.807) is 18.2 Å². The van der Waals surface area contributed by atoms with Crippen molar-refractivity contribution < 1.29 is 51.0 Å². The summed E-state index contributed by atoms with van der Waals surface area (Å²) in [5.41, 5.74) is 0.832. The van der Waals surface area contributed by atoms with Crippen molar-refractivity contribution in [3.63, 3.8) is 0 Å².